The number of hydrogen-bond acceptors (Lipinski definition) is 7. The minimum atomic E-state index is -2.04. The Morgan fingerprint density at radius 2 is 1.81 bits per heavy atom. The summed E-state index contributed by atoms with van der Waals surface area (Å²) in [4.78, 5) is 25.1. The average molecular weight is 548 g/mol. The fraction of sp³-hybridized carbons (Fsp3) is 0.130. The molecule has 186 valence electrons. The predicted molar refractivity (Wildman–Crippen MR) is 142 cm³/mol. The molecule has 0 saturated heterocycles. The van der Waals surface area contributed by atoms with E-state index in [4.69, 9.17) is 23.2 Å². The third-order valence-corrected chi connectivity index (χ3v) is 7.06. The van der Waals surface area contributed by atoms with Crippen LogP contribution < -0.4 is 20.7 Å². The second kappa shape index (κ2) is 10.6. The van der Waals surface area contributed by atoms with E-state index in [2.05, 4.69) is 35.6 Å². The van der Waals surface area contributed by atoms with E-state index >= 15 is 4.39 Å². The van der Waals surface area contributed by atoms with Gasteiger partial charge in [-0.1, -0.05) is 35.3 Å². The van der Waals surface area contributed by atoms with Gasteiger partial charge in [-0.05, 0) is 24.3 Å². The highest BCUT2D eigenvalue weighted by Gasteiger charge is 2.21. The van der Waals surface area contributed by atoms with Gasteiger partial charge in [-0.25, -0.2) is 18.6 Å². The summed E-state index contributed by atoms with van der Waals surface area (Å²) in [6.45, 7) is 0. The molecule has 2 aromatic carbocycles. The SMILES string of the molecule is CNC(=O)c1cc(Cl)cc(S(=O)Nc2cccc(-c3cc4cnc(NC)nc4nc3NC)c2F)c1Cl. The quantitative estimate of drug-likeness (QED) is 0.264. The molecule has 0 spiro atoms. The minimum Gasteiger partial charge on any atom is -0.373 e. The molecule has 9 nitrogen and oxygen atoms in total. The molecule has 0 aliphatic carbocycles. The minimum absolute atomic E-state index is 0.0355. The van der Waals surface area contributed by atoms with Crippen molar-refractivity contribution in [1.82, 2.24) is 20.3 Å². The van der Waals surface area contributed by atoms with E-state index in [1.165, 1.54) is 25.2 Å². The maximum absolute atomic E-state index is 15.7. The van der Waals surface area contributed by atoms with Crippen LogP contribution in [0.5, 0.6) is 0 Å². The van der Waals surface area contributed by atoms with Crippen LogP contribution in [0.25, 0.3) is 22.2 Å². The molecule has 0 fully saturated rings. The number of rotatable bonds is 7. The molecule has 1 unspecified atom stereocenters. The first kappa shape index (κ1) is 25.5. The Kier molecular flexibility index (Phi) is 7.53. The molecule has 0 aliphatic rings. The zero-order chi connectivity index (χ0) is 26.0. The number of fused-ring (bicyclic) bond motifs is 1. The Morgan fingerprint density at radius 3 is 2.50 bits per heavy atom. The molecule has 2 heterocycles. The Labute approximate surface area is 218 Å². The summed E-state index contributed by atoms with van der Waals surface area (Å²) in [6, 6.07) is 9.05. The summed E-state index contributed by atoms with van der Waals surface area (Å²) in [5.41, 5.74) is 1.10. The molecule has 0 bridgehead atoms. The highest BCUT2D eigenvalue weighted by atomic mass is 35.5. The van der Waals surface area contributed by atoms with Crippen molar-refractivity contribution in [1.29, 1.82) is 0 Å². The Balaban J connectivity index is 1.75. The number of nitrogens with zero attached hydrogens (tertiary/aromatic N) is 3. The van der Waals surface area contributed by atoms with Crippen molar-refractivity contribution in [3.05, 3.63) is 64.0 Å². The van der Waals surface area contributed by atoms with Gasteiger partial charge in [0.1, 0.15) is 5.82 Å². The van der Waals surface area contributed by atoms with Gasteiger partial charge in [0.25, 0.3) is 5.91 Å². The number of amides is 1. The predicted octanol–water partition coefficient (Wildman–Crippen LogP) is 4.72. The molecule has 13 heteroatoms. The van der Waals surface area contributed by atoms with Crippen molar-refractivity contribution < 1.29 is 13.4 Å². The van der Waals surface area contributed by atoms with E-state index in [-0.39, 0.29) is 31.8 Å². The van der Waals surface area contributed by atoms with Crippen molar-refractivity contribution in [2.24, 2.45) is 0 Å². The van der Waals surface area contributed by atoms with Crippen LogP contribution in [0.3, 0.4) is 0 Å². The van der Waals surface area contributed by atoms with Crippen LogP contribution in [0, 0.1) is 5.82 Å². The Hall–Kier alpha value is -3.54. The molecular weight excluding hydrogens is 528 g/mol. The summed E-state index contributed by atoms with van der Waals surface area (Å²) in [5, 5.41) is 8.97. The molecule has 2 aromatic heterocycles. The average Bonchev–Trinajstić information content (AvgIpc) is 2.89. The van der Waals surface area contributed by atoms with E-state index in [0.29, 0.717) is 28.4 Å². The lowest BCUT2D eigenvalue weighted by atomic mass is 10.0. The fourth-order valence-electron chi connectivity index (χ4n) is 3.45. The number of aromatic nitrogens is 3. The van der Waals surface area contributed by atoms with E-state index in [1.807, 2.05) is 0 Å². The van der Waals surface area contributed by atoms with E-state index < -0.39 is 22.7 Å². The van der Waals surface area contributed by atoms with Gasteiger partial charge in [0, 0.05) is 48.9 Å². The maximum atomic E-state index is 15.7. The molecular formula is C23H20Cl2FN7O2S. The monoisotopic (exact) mass is 547 g/mol. The van der Waals surface area contributed by atoms with Gasteiger partial charge in [0.2, 0.25) is 5.95 Å². The Bertz CT molecular complexity index is 1520. The van der Waals surface area contributed by atoms with Gasteiger partial charge in [-0.3, -0.25) is 9.52 Å². The molecule has 4 N–H and O–H groups in total. The molecule has 0 saturated carbocycles. The lowest BCUT2D eigenvalue weighted by molar-refractivity contribution is 0.0963. The molecule has 0 radical (unpaired) electrons. The third kappa shape index (κ3) is 4.90. The molecule has 4 aromatic rings. The number of carbonyl (C=O) groups excluding carboxylic acids is 1. The number of pyridine rings is 1. The van der Waals surface area contributed by atoms with Gasteiger partial charge in [-0.15, -0.1) is 0 Å². The topological polar surface area (TPSA) is 121 Å². The van der Waals surface area contributed by atoms with Crippen LogP contribution in [-0.2, 0) is 11.0 Å². The second-order valence-corrected chi connectivity index (χ2v) is 9.37. The summed E-state index contributed by atoms with van der Waals surface area (Å²) in [6.07, 6.45) is 1.59. The molecule has 36 heavy (non-hydrogen) atoms. The van der Waals surface area contributed by atoms with Crippen LogP contribution in [0.15, 0.2) is 47.5 Å². The summed E-state index contributed by atoms with van der Waals surface area (Å²) < 4.78 is 31.4. The first-order valence-corrected chi connectivity index (χ1v) is 12.4. The first-order chi connectivity index (χ1) is 17.3. The number of carbonyl (C=O) groups is 1. The van der Waals surface area contributed by atoms with Crippen molar-refractivity contribution in [2.75, 3.05) is 36.5 Å². The van der Waals surface area contributed by atoms with Gasteiger partial charge >= 0.3 is 0 Å². The van der Waals surface area contributed by atoms with E-state index in [1.54, 1.807) is 38.5 Å². The molecule has 1 amide bonds. The lowest BCUT2D eigenvalue weighted by Gasteiger charge is -2.15. The summed E-state index contributed by atoms with van der Waals surface area (Å²) in [7, 11) is 2.76. The zero-order valence-electron chi connectivity index (χ0n) is 19.2. The number of hydrogen-bond donors (Lipinski definition) is 4. The zero-order valence-corrected chi connectivity index (χ0v) is 21.6. The van der Waals surface area contributed by atoms with Crippen LogP contribution in [0.2, 0.25) is 10.0 Å². The molecule has 4 rings (SSSR count). The standard InChI is InChI=1S/C23H20Cl2FN7O2S/c1-27-21-14(7-11-10-30-23(29-3)32-20(11)31-21)13-5-4-6-16(19(13)26)33-36(35)17-9-12(24)8-15(18(17)25)22(34)28-2/h4-10,33H,1-3H3,(H,28,34)(H2,27,29,30,31,32). The van der Waals surface area contributed by atoms with Crippen LogP contribution in [0.1, 0.15) is 10.4 Å². The van der Waals surface area contributed by atoms with Crippen molar-refractivity contribution in [3.8, 4) is 11.1 Å². The van der Waals surface area contributed by atoms with Crippen LogP contribution in [0.4, 0.5) is 21.8 Å². The van der Waals surface area contributed by atoms with Crippen molar-refractivity contribution in [2.45, 2.75) is 4.90 Å². The number of anilines is 3. The van der Waals surface area contributed by atoms with Crippen LogP contribution >= 0.6 is 23.2 Å². The number of halogens is 3. The smallest absolute Gasteiger partial charge is 0.252 e. The van der Waals surface area contributed by atoms with E-state index in [9.17, 15) is 9.00 Å². The van der Waals surface area contributed by atoms with E-state index in [0.717, 1.165) is 0 Å². The number of benzene rings is 2. The largest absolute Gasteiger partial charge is 0.373 e. The van der Waals surface area contributed by atoms with Gasteiger partial charge in [0.15, 0.2) is 22.5 Å². The van der Waals surface area contributed by atoms with Gasteiger partial charge < -0.3 is 16.0 Å². The highest BCUT2D eigenvalue weighted by Crippen LogP contribution is 2.35. The first-order valence-electron chi connectivity index (χ1n) is 10.5. The fourth-order valence-corrected chi connectivity index (χ4v) is 5.11. The normalized spacial score (nSPS) is 11.7. The second-order valence-electron chi connectivity index (χ2n) is 7.37. The van der Waals surface area contributed by atoms with Crippen molar-refractivity contribution in [3.63, 3.8) is 0 Å². The Morgan fingerprint density at radius 1 is 1.03 bits per heavy atom. The summed E-state index contributed by atoms with van der Waals surface area (Å²) >= 11 is 12.4. The third-order valence-electron chi connectivity index (χ3n) is 5.20. The lowest BCUT2D eigenvalue weighted by Crippen LogP contribution is -2.19. The highest BCUT2D eigenvalue weighted by molar-refractivity contribution is 7.86. The summed E-state index contributed by atoms with van der Waals surface area (Å²) in [5.74, 6) is -0.360. The number of nitrogens with one attached hydrogen (secondary N) is 4. The van der Waals surface area contributed by atoms with Crippen molar-refractivity contribution >= 4 is 68.6 Å². The maximum Gasteiger partial charge on any atom is 0.252 e. The van der Waals surface area contributed by atoms with Crippen LogP contribution in [-0.4, -0.2) is 46.2 Å². The molecule has 1 atom stereocenters. The molecule has 0 aliphatic heterocycles. The van der Waals surface area contributed by atoms with Gasteiger partial charge in [-0.2, -0.15) is 4.98 Å². The van der Waals surface area contributed by atoms with Gasteiger partial charge in [0.05, 0.1) is 21.2 Å².